The fourth-order valence-corrected chi connectivity index (χ4v) is 1.66. The molecule has 16 heavy (non-hydrogen) atoms. The van der Waals surface area contributed by atoms with Crippen LogP contribution in [0.5, 0.6) is 11.6 Å². The lowest BCUT2D eigenvalue weighted by molar-refractivity contribution is 0.0767. The fraction of sp³-hybridized carbons (Fsp3) is 0.583. The number of aromatic nitrogens is 1. The van der Waals surface area contributed by atoms with Gasteiger partial charge in [-0.1, -0.05) is 0 Å². The molecule has 1 aliphatic heterocycles. The molecule has 2 heterocycles. The van der Waals surface area contributed by atoms with E-state index in [2.05, 4.69) is 16.9 Å². The van der Waals surface area contributed by atoms with E-state index in [1.54, 1.807) is 6.20 Å². The van der Waals surface area contributed by atoms with Gasteiger partial charge < -0.3 is 9.47 Å². The molecular weight excluding hydrogens is 204 g/mol. The summed E-state index contributed by atoms with van der Waals surface area (Å²) in [5.41, 5.74) is 0. The van der Waals surface area contributed by atoms with Crippen molar-refractivity contribution in [2.45, 2.75) is 19.4 Å². The summed E-state index contributed by atoms with van der Waals surface area (Å²) in [5.74, 6) is 1.46. The lowest BCUT2D eigenvalue weighted by atomic mass is 10.1. The first-order chi connectivity index (χ1) is 7.79. The van der Waals surface area contributed by atoms with Crippen LogP contribution >= 0.6 is 0 Å². The van der Waals surface area contributed by atoms with Gasteiger partial charge in [0.1, 0.15) is 12.4 Å². The van der Waals surface area contributed by atoms with Gasteiger partial charge in [-0.3, -0.25) is 4.90 Å². The van der Waals surface area contributed by atoms with E-state index in [-0.39, 0.29) is 0 Å². The van der Waals surface area contributed by atoms with Gasteiger partial charge >= 0.3 is 0 Å². The van der Waals surface area contributed by atoms with Crippen molar-refractivity contribution >= 4 is 0 Å². The molecule has 2 rings (SSSR count). The van der Waals surface area contributed by atoms with Crippen molar-refractivity contribution in [1.82, 2.24) is 9.88 Å². The zero-order valence-electron chi connectivity index (χ0n) is 9.85. The highest BCUT2D eigenvalue weighted by molar-refractivity contribution is 5.22. The van der Waals surface area contributed by atoms with Crippen LogP contribution in [0.15, 0.2) is 18.3 Å². The normalized spacial score (nSPS) is 20.2. The first-order valence-electron chi connectivity index (χ1n) is 5.71. The van der Waals surface area contributed by atoms with E-state index < -0.39 is 0 Å². The molecule has 0 saturated carbocycles. The van der Waals surface area contributed by atoms with Crippen LogP contribution in [0.25, 0.3) is 0 Å². The van der Waals surface area contributed by atoms with E-state index >= 15 is 0 Å². The second-order valence-electron chi connectivity index (χ2n) is 4.00. The second-order valence-corrected chi connectivity index (χ2v) is 4.00. The van der Waals surface area contributed by atoms with Crippen molar-refractivity contribution in [3.63, 3.8) is 0 Å². The fourth-order valence-electron chi connectivity index (χ4n) is 1.66. The summed E-state index contributed by atoms with van der Waals surface area (Å²) in [6.07, 6.45) is 2.94. The number of ether oxygens (including phenoxy) is 2. The van der Waals surface area contributed by atoms with Crippen molar-refractivity contribution in [3.05, 3.63) is 18.3 Å². The number of likely N-dealkylation sites (tertiary alicyclic amines) is 1. The molecule has 4 heteroatoms. The van der Waals surface area contributed by atoms with Crippen molar-refractivity contribution in [2.75, 3.05) is 26.8 Å². The third-order valence-electron chi connectivity index (χ3n) is 2.88. The Labute approximate surface area is 96.2 Å². The van der Waals surface area contributed by atoms with Crippen LogP contribution < -0.4 is 9.47 Å². The third kappa shape index (κ3) is 2.64. The molecule has 0 bridgehead atoms. The van der Waals surface area contributed by atoms with E-state index in [1.807, 2.05) is 19.1 Å². The van der Waals surface area contributed by atoms with Crippen LogP contribution in [-0.4, -0.2) is 42.7 Å². The smallest absolute Gasteiger partial charge is 0.213 e. The standard InChI is InChI=1S/C12H18N2O2/c1-3-15-12-5-4-11(8-13-12)16-9-10-6-7-14(10)2/h4-5,8,10H,3,6-7,9H2,1-2H3/t10-/m0/s1. The first-order valence-corrected chi connectivity index (χ1v) is 5.71. The molecule has 1 atom stereocenters. The summed E-state index contributed by atoms with van der Waals surface area (Å²) in [4.78, 5) is 6.44. The minimum atomic E-state index is 0.562. The number of nitrogens with zero attached hydrogens (tertiary/aromatic N) is 2. The molecule has 1 aliphatic rings. The highest BCUT2D eigenvalue weighted by Crippen LogP contribution is 2.18. The molecule has 4 nitrogen and oxygen atoms in total. The molecular formula is C12H18N2O2. The maximum absolute atomic E-state index is 5.65. The van der Waals surface area contributed by atoms with Crippen LogP contribution in [0.2, 0.25) is 0 Å². The number of rotatable bonds is 5. The SMILES string of the molecule is CCOc1ccc(OC[C@@H]2CCN2C)cn1. The van der Waals surface area contributed by atoms with Crippen molar-refractivity contribution in [2.24, 2.45) is 0 Å². The summed E-state index contributed by atoms with van der Waals surface area (Å²) < 4.78 is 10.9. The number of hydrogen-bond acceptors (Lipinski definition) is 4. The minimum Gasteiger partial charge on any atom is -0.490 e. The molecule has 0 amide bonds. The predicted molar refractivity (Wildman–Crippen MR) is 61.9 cm³/mol. The van der Waals surface area contributed by atoms with Crippen LogP contribution in [-0.2, 0) is 0 Å². The van der Waals surface area contributed by atoms with Crippen LogP contribution in [0, 0.1) is 0 Å². The second kappa shape index (κ2) is 5.16. The van der Waals surface area contributed by atoms with E-state index in [9.17, 15) is 0 Å². The highest BCUT2D eigenvalue weighted by Gasteiger charge is 2.24. The van der Waals surface area contributed by atoms with Crippen LogP contribution in [0.1, 0.15) is 13.3 Å². The Morgan fingerprint density at radius 3 is 2.81 bits per heavy atom. The summed E-state index contributed by atoms with van der Waals surface area (Å²) in [7, 11) is 2.12. The topological polar surface area (TPSA) is 34.6 Å². The van der Waals surface area contributed by atoms with Crippen LogP contribution in [0.4, 0.5) is 0 Å². The maximum atomic E-state index is 5.65. The maximum Gasteiger partial charge on any atom is 0.213 e. The third-order valence-corrected chi connectivity index (χ3v) is 2.88. The van der Waals surface area contributed by atoms with Gasteiger partial charge in [-0.2, -0.15) is 0 Å². The van der Waals surface area contributed by atoms with Gasteiger partial charge in [0.05, 0.1) is 12.8 Å². The Hall–Kier alpha value is -1.29. The van der Waals surface area contributed by atoms with E-state index in [0.29, 0.717) is 18.5 Å². The molecule has 0 spiro atoms. The van der Waals surface area contributed by atoms with Gasteiger partial charge in [-0.25, -0.2) is 4.98 Å². The molecule has 88 valence electrons. The average Bonchev–Trinajstić information content (AvgIpc) is 2.30. The van der Waals surface area contributed by atoms with Gasteiger partial charge in [-0.05, 0) is 33.0 Å². The lowest BCUT2D eigenvalue weighted by Gasteiger charge is -2.37. The molecule has 0 radical (unpaired) electrons. The first kappa shape index (κ1) is 11.2. The highest BCUT2D eigenvalue weighted by atomic mass is 16.5. The quantitative estimate of drug-likeness (QED) is 0.757. The average molecular weight is 222 g/mol. The van der Waals surface area contributed by atoms with E-state index in [1.165, 1.54) is 13.0 Å². The molecule has 1 aromatic heterocycles. The number of hydrogen-bond donors (Lipinski definition) is 0. The van der Waals surface area contributed by atoms with E-state index in [0.717, 1.165) is 12.4 Å². The Bertz CT molecular complexity index is 326. The molecule has 0 unspecified atom stereocenters. The summed E-state index contributed by atoms with van der Waals surface area (Å²) >= 11 is 0. The van der Waals surface area contributed by atoms with Crippen LogP contribution in [0.3, 0.4) is 0 Å². The Morgan fingerprint density at radius 2 is 2.31 bits per heavy atom. The van der Waals surface area contributed by atoms with Gasteiger partial charge in [0, 0.05) is 12.1 Å². The zero-order chi connectivity index (χ0) is 11.4. The number of likely N-dealkylation sites (N-methyl/N-ethyl adjacent to an activating group) is 1. The Morgan fingerprint density at radius 1 is 1.44 bits per heavy atom. The molecule has 1 aromatic rings. The monoisotopic (exact) mass is 222 g/mol. The molecule has 0 aromatic carbocycles. The largest absolute Gasteiger partial charge is 0.490 e. The van der Waals surface area contributed by atoms with Gasteiger partial charge in [0.25, 0.3) is 0 Å². The Kier molecular flexibility index (Phi) is 3.62. The van der Waals surface area contributed by atoms with Crippen molar-refractivity contribution in [1.29, 1.82) is 0 Å². The summed E-state index contributed by atoms with van der Waals surface area (Å²) in [5, 5.41) is 0. The van der Waals surface area contributed by atoms with E-state index in [4.69, 9.17) is 9.47 Å². The van der Waals surface area contributed by atoms with Gasteiger partial charge in [0.2, 0.25) is 5.88 Å². The Balaban J connectivity index is 1.80. The van der Waals surface area contributed by atoms with Crippen molar-refractivity contribution in [3.8, 4) is 11.6 Å². The van der Waals surface area contributed by atoms with Gasteiger partial charge in [0.15, 0.2) is 0 Å². The zero-order valence-corrected chi connectivity index (χ0v) is 9.85. The summed E-state index contributed by atoms with van der Waals surface area (Å²) in [6.45, 7) is 4.50. The summed E-state index contributed by atoms with van der Waals surface area (Å²) in [6, 6.07) is 4.30. The lowest BCUT2D eigenvalue weighted by Crippen LogP contribution is -2.48. The molecule has 1 saturated heterocycles. The van der Waals surface area contributed by atoms with Crippen molar-refractivity contribution < 1.29 is 9.47 Å². The molecule has 1 fully saturated rings. The minimum absolute atomic E-state index is 0.562. The van der Waals surface area contributed by atoms with Gasteiger partial charge in [-0.15, -0.1) is 0 Å². The number of pyridine rings is 1. The predicted octanol–water partition coefficient (Wildman–Crippen LogP) is 1.56. The molecule has 0 aliphatic carbocycles. The molecule has 0 N–H and O–H groups in total.